The van der Waals surface area contributed by atoms with Gasteiger partial charge in [0.25, 0.3) is 0 Å². The third-order valence-electron chi connectivity index (χ3n) is 2.07. The van der Waals surface area contributed by atoms with Gasteiger partial charge in [-0.1, -0.05) is 0 Å². The van der Waals surface area contributed by atoms with E-state index in [1.165, 1.54) is 5.56 Å². The first-order valence-corrected chi connectivity index (χ1v) is 5.53. The van der Waals surface area contributed by atoms with Crippen molar-refractivity contribution in [1.29, 1.82) is 0 Å². The van der Waals surface area contributed by atoms with E-state index in [2.05, 4.69) is 11.2 Å². The third kappa shape index (κ3) is 3.39. The molecule has 0 saturated carbocycles. The fourth-order valence-electron chi connectivity index (χ4n) is 1.10. The molecule has 0 spiro atoms. The van der Waals surface area contributed by atoms with E-state index in [-0.39, 0.29) is 12.3 Å². The molecule has 1 amide bonds. The summed E-state index contributed by atoms with van der Waals surface area (Å²) in [6, 6.07) is 1.42. The predicted molar refractivity (Wildman–Crippen MR) is 62.3 cm³/mol. The second-order valence-electron chi connectivity index (χ2n) is 3.26. The van der Waals surface area contributed by atoms with E-state index in [4.69, 9.17) is 12.2 Å². The van der Waals surface area contributed by atoms with E-state index in [1.807, 2.05) is 18.4 Å². The summed E-state index contributed by atoms with van der Waals surface area (Å²) in [6.07, 6.45) is 5.35. The Balaban J connectivity index is 2.41. The normalized spacial score (nSPS) is 11.8. The van der Waals surface area contributed by atoms with Crippen molar-refractivity contribution in [3.8, 4) is 12.3 Å². The number of hydrogen-bond donors (Lipinski definition) is 2. The molecule has 15 heavy (non-hydrogen) atoms. The van der Waals surface area contributed by atoms with Crippen LogP contribution in [0.25, 0.3) is 0 Å². The standard InChI is InChI=1S/C11H14N2OS/c1-3-4-9(12)11(14)13-7-10-8(2)5-6-15-10/h1,5-6,9H,4,7,12H2,2H3,(H,13,14). The maximum absolute atomic E-state index is 11.4. The van der Waals surface area contributed by atoms with E-state index in [0.717, 1.165) is 4.88 Å². The zero-order valence-electron chi connectivity index (χ0n) is 8.62. The molecule has 0 saturated heterocycles. The lowest BCUT2D eigenvalue weighted by molar-refractivity contribution is -0.122. The minimum atomic E-state index is -0.602. The molecule has 1 aromatic heterocycles. The van der Waals surface area contributed by atoms with Gasteiger partial charge in [-0.2, -0.15) is 0 Å². The first-order chi connectivity index (χ1) is 7.15. The zero-order chi connectivity index (χ0) is 11.3. The third-order valence-corrected chi connectivity index (χ3v) is 3.09. The van der Waals surface area contributed by atoms with Crippen molar-refractivity contribution in [2.45, 2.75) is 25.9 Å². The largest absolute Gasteiger partial charge is 0.350 e. The SMILES string of the molecule is C#CCC(N)C(=O)NCc1sccc1C. The first-order valence-electron chi connectivity index (χ1n) is 4.65. The first kappa shape index (κ1) is 11.8. The molecule has 1 rings (SSSR count). The molecule has 1 atom stereocenters. The number of amides is 1. The minimum absolute atomic E-state index is 0.194. The number of carbonyl (C=O) groups excluding carboxylic acids is 1. The monoisotopic (exact) mass is 222 g/mol. The van der Waals surface area contributed by atoms with Gasteiger partial charge in [0.15, 0.2) is 0 Å². The summed E-state index contributed by atoms with van der Waals surface area (Å²) in [5.41, 5.74) is 6.74. The molecule has 3 N–H and O–H groups in total. The Morgan fingerprint density at radius 1 is 1.80 bits per heavy atom. The molecule has 0 bridgehead atoms. The number of nitrogens with one attached hydrogen (secondary N) is 1. The Hall–Kier alpha value is -1.31. The van der Waals surface area contributed by atoms with Crippen molar-refractivity contribution in [3.63, 3.8) is 0 Å². The van der Waals surface area contributed by atoms with E-state index in [0.29, 0.717) is 6.54 Å². The van der Waals surface area contributed by atoms with Crippen molar-refractivity contribution in [2.24, 2.45) is 5.73 Å². The van der Waals surface area contributed by atoms with E-state index in [1.54, 1.807) is 11.3 Å². The number of terminal acetylenes is 1. The van der Waals surface area contributed by atoms with Gasteiger partial charge in [-0.25, -0.2) is 0 Å². The van der Waals surface area contributed by atoms with Crippen LogP contribution in [0.2, 0.25) is 0 Å². The number of hydrogen-bond acceptors (Lipinski definition) is 3. The second-order valence-corrected chi connectivity index (χ2v) is 4.26. The van der Waals surface area contributed by atoms with Gasteiger partial charge in [0, 0.05) is 11.3 Å². The number of thiophene rings is 1. The van der Waals surface area contributed by atoms with Crippen molar-refractivity contribution >= 4 is 17.2 Å². The molecule has 0 aromatic carbocycles. The Bertz CT molecular complexity index is 378. The summed E-state index contributed by atoms with van der Waals surface area (Å²) >= 11 is 1.62. The smallest absolute Gasteiger partial charge is 0.238 e. The van der Waals surface area contributed by atoms with Gasteiger partial charge in [0.05, 0.1) is 12.6 Å². The molecular formula is C11H14N2OS. The van der Waals surface area contributed by atoms with Gasteiger partial charge in [-0.05, 0) is 23.9 Å². The Kier molecular flexibility index (Phi) is 4.35. The lowest BCUT2D eigenvalue weighted by Gasteiger charge is -2.08. The topological polar surface area (TPSA) is 55.1 Å². The molecule has 0 aliphatic carbocycles. The van der Waals surface area contributed by atoms with Crippen LogP contribution in [0.3, 0.4) is 0 Å². The highest BCUT2D eigenvalue weighted by atomic mass is 32.1. The van der Waals surface area contributed by atoms with Crippen LogP contribution in [0.4, 0.5) is 0 Å². The Morgan fingerprint density at radius 2 is 2.53 bits per heavy atom. The summed E-state index contributed by atoms with van der Waals surface area (Å²) < 4.78 is 0. The highest BCUT2D eigenvalue weighted by molar-refractivity contribution is 7.10. The van der Waals surface area contributed by atoms with Gasteiger partial charge < -0.3 is 11.1 Å². The van der Waals surface area contributed by atoms with Crippen molar-refractivity contribution in [3.05, 3.63) is 21.9 Å². The van der Waals surface area contributed by atoms with E-state index >= 15 is 0 Å². The van der Waals surface area contributed by atoms with Crippen LogP contribution in [-0.4, -0.2) is 11.9 Å². The maximum atomic E-state index is 11.4. The molecule has 80 valence electrons. The summed E-state index contributed by atoms with van der Waals surface area (Å²) in [7, 11) is 0. The highest BCUT2D eigenvalue weighted by Gasteiger charge is 2.11. The van der Waals surface area contributed by atoms with Crippen LogP contribution in [-0.2, 0) is 11.3 Å². The summed E-state index contributed by atoms with van der Waals surface area (Å²) in [5, 5.41) is 4.76. The Morgan fingerprint density at radius 3 is 3.07 bits per heavy atom. The van der Waals surface area contributed by atoms with Crippen molar-refractivity contribution < 1.29 is 4.79 Å². The molecular weight excluding hydrogens is 208 g/mol. The van der Waals surface area contributed by atoms with Gasteiger partial charge in [-0.15, -0.1) is 23.7 Å². The second kappa shape index (κ2) is 5.54. The summed E-state index contributed by atoms with van der Waals surface area (Å²) in [6.45, 7) is 2.54. The van der Waals surface area contributed by atoms with Crippen LogP contribution >= 0.6 is 11.3 Å². The van der Waals surface area contributed by atoms with Crippen LogP contribution in [0.1, 0.15) is 16.9 Å². The van der Waals surface area contributed by atoms with E-state index in [9.17, 15) is 4.79 Å². The zero-order valence-corrected chi connectivity index (χ0v) is 9.43. The molecule has 0 radical (unpaired) electrons. The van der Waals surface area contributed by atoms with Crippen LogP contribution in [0, 0.1) is 19.3 Å². The average molecular weight is 222 g/mol. The Labute approximate surface area is 93.7 Å². The van der Waals surface area contributed by atoms with E-state index < -0.39 is 6.04 Å². The predicted octanol–water partition coefficient (Wildman–Crippen LogP) is 1.02. The number of carbonyl (C=O) groups is 1. The molecule has 3 nitrogen and oxygen atoms in total. The van der Waals surface area contributed by atoms with Gasteiger partial charge in [-0.3, -0.25) is 4.79 Å². The highest BCUT2D eigenvalue weighted by Crippen LogP contribution is 2.14. The fraction of sp³-hybridized carbons (Fsp3) is 0.364. The lowest BCUT2D eigenvalue weighted by Crippen LogP contribution is -2.39. The molecule has 1 heterocycles. The molecule has 1 unspecified atom stereocenters. The molecule has 4 heteroatoms. The van der Waals surface area contributed by atoms with Gasteiger partial charge >= 0.3 is 0 Å². The molecule has 1 aromatic rings. The molecule has 0 aliphatic rings. The lowest BCUT2D eigenvalue weighted by atomic mass is 10.2. The number of rotatable bonds is 4. The fourth-order valence-corrected chi connectivity index (χ4v) is 1.95. The van der Waals surface area contributed by atoms with Crippen molar-refractivity contribution in [1.82, 2.24) is 5.32 Å². The average Bonchev–Trinajstić information content (AvgIpc) is 2.61. The van der Waals surface area contributed by atoms with Crippen LogP contribution in [0.5, 0.6) is 0 Å². The minimum Gasteiger partial charge on any atom is -0.350 e. The molecule has 0 fully saturated rings. The van der Waals surface area contributed by atoms with Crippen LogP contribution in [0.15, 0.2) is 11.4 Å². The van der Waals surface area contributed by atoms with Gasteiger partial charge in [0.1, 0.15) is 0 Å². The summed E-state index contributed by atoms with van der Waals surface area (Å²) in [4.78, 5) is 12.6. The van der Waals surface area contributed by atoms with Crippen LogP contribution < -0.4 is 11.1 Å². The number of aryl methyl sites for hydroxylation is 1. The van der Waals surface area contributed by atoms with Gasteiger partial charge in [0.2, 0.25) is 5.91 Å². The molecule has 0 aliphatic heterocycles. The summed E-state index contributed by atoms with van der Waals surface area (Å²) in [5.74, 6) is 2.18. The maximum Gasteiger partial charge on any atom is 0.238 e. The quantitative estimate of drug-likeness (QED) is 0.747. The van der Waals surface area contributed by atoms with Crippen molar-refractivity contribution in [2.75, 3.05) is 0 Å². The number of nitrogens with two attached hydrogens (primary N) is 1.